The summed E-state index contributed by atoms with van der Waals surface area (Å²) in [6.45, 7) is 5.02. The minimum Gasteiger partial charge on any atom is -0.489 e. The monoisotopic (exact) mass is 238 g/mol. The van der Waals surface area contributed by atoms with E-state index in [2.05, 4.69) is 18.7 Å². The summed E-state index contributed by atoms with van der Waals surface area (Å²) in [5.41, 5.74) is 6.33. The van der Waals surface area contributed by atoms with Crippen LogP contribution in [-0.4, -0.2) is 42.4 Å². The Morgan fingerprint density at radius 1 is 1.35 bits per heavy atom. The zero-order chi connectivity index (χ0) is 12.8. The van der Waals surface area contributed by atoms with Crippen LogP contribution in [-0.2, 0) is 0 Å². The number of nitrogens with two attached hydrogens (primary N) is 1. The fourth-order valence-electron chi connectivity index (χ4n) is 1.39. The highest BCUT2D eigenvalue weighted by Gasteiger charge is 2.11. The fourth-order valence-corrected chi connectivity index (χ4v) is 1.39. The molecule has 3 N–H and O–H groups in total. The molecule has 1 aromatic rings. The summed E-state index contributed by atoms with van der Waals surface area (Å²) in [6, 6.07) is 7.70. The van der Waals surface area contributed by atoms with Crippen molar-refractivity contribution < 1.29 is 9.84 Å². The number of benzene rings is 1. The molecule has 4 heteroatoms. The predicted molar refractivity (Wildman–Crippen MR) is 70.1 cm³/mol. The molecule has 1 atom stereocenters. The Labute approximate surface area is 103 Å². The molecule has 0 radical (unpaired) electrons. The van der Waals surface area contributed by atoms with Gasteiger partial charge in [0.15, 0.2) is 0 Å². The second-order valence-electron chi connectivity index (χ2n) is 4.54. The molecule has 0 aliphatic heterocycles. The van der Waals surface area contributed by atoms with Gasteiger partial charge in [0.05, 0.1) is 5.69 Å². The van der Waals surface area contributed by atoms with Gasteiger partial charge in [0.25, 0.3) is 0 Å². The molecule has 1 aromatic carbocycles. The third-order valence-corrected chi connectivity index (χ3v) is 2.73. The lowest BCUT2D eigenvalue weighted by atomic mass is 10.3. The molecule has 0 aliphatic carbocycles. The number of anilines is 1. The molecule has 4 nitrogen and oxygen atoms in total. The van der Waals surface area contributed by atoms with Gasteiger partial charge in [0.1, 0.15) is 18.5 Å². The maximum absolute atomic E-state index is 9.81. The second-order valence-corrected chi connectivity index (χ2v) is 4.54. The van der Waals surface area contributed by atoms with Gasteiger partial charge in [-0.05, 0) is 33.0 Å². The average molecular weight is 238 g/mol. The van der Waals surface area contributed by atoms with Gasteiger partial charge in [-0.2, -0.15) is 0 Å². The van der Waals surface area contributed by atoms with Crippen LogP contribution in [0.1, 0.15) is 13.8 Å². The quantitative estimate of drug-likeness (QED) is 0.734. The van der Waals surface area contributed by atoms with Crippen molar-refractivity contribution in [3.63, 3.8) is 0 Å². The van der Waals surface area contributed by atoms with Crippen molar-refractivity contribution in [3.8, 4) is 5.75 Å². The summed E-state index contributed by atoms with van der Waals surface area (Å²) in [5.74, 6) is 0.624. The molecule has 0 fully saturated rings. The molecule has 1 rings (SSSR count). The van der Waals surface area contributed by atoms with E-state index in [1.54, 1.807) is 12.1 Å². The van der Waals surface area contributed by atoms with Crippen molar-refractivity contribution in [2.45, 2.75) is 26.0 Å². The minimum atomic E-state index is -0.512. The number of nitrogens with zero attached hydrogens (tertiary/aromatic N) is 1. The van der Waals surface area contributed by atoms with Gasteiger partial charge < -0.3 is 20.5 Å². The molecule has 1 unspecified atom stereocenters. The summed E-state index contributed by atoms with van der Waals surface area (Å²) in [5, 5.41) is 9.81. The first-order valence-corrected chi connectivity index (χ1v) is 5.86. The summed E-state index contributed by atoms with van der Waals surface area (Å²) >= 11 is 0. The van der Waals surface area contributed by atoms with Crippen LogP contribution in [0.2, 0.25) is 0 Å². The normalized spacial score (nSPS) is 13.1. The van der Waals surface area contributed by atoms with E-state index in [0.29, 0.717) is 24.0 Å². The number of aliphatic hydroxyl groups is 1. The van der Waals surface area contributed by atoms with Crippen molar-refractivity contribution in [1.29, 1.82) is 0 Å². The lowest BCUT2D eigenvalue weighted by Gasteiger charge is -2.24. The molecular formula is C13H22N2O2. The number of ether oxygens (including phenoxy) is 1. The molecular weight excluding hydrogens is 216 g/mol. The predicted octanol–water partition coefficient (Wildman–Crippen LogP) is 1.35. The first kappa shape index (κ1) is 13.8. The SMILES string of the molecule is CC(C)N(C)CC(O)COc1ccccc1N. The molecule has 0 heterocycles. The Kier molecular flexibility index (Phi) is 5.25. The van der Waals surface area contributed by atoms with Crippen LogP contribution in [0.4, 0.5) is 5.69 Å². The number of para-hydroxylation sites is 2. The number of nitrogen functional groups attached to an aromatic ring is 1. The van der Waals surface area contributed by atoms with E-state index < -0.39 is 6.10 Å². The van der Waals surface area contributed by atoms with E-state index in [9.17, 15) is 5.11 Å². The van der Waals surface area contributed by atoms with Crippen molar-refractivity contribution in [2.24, 2.45) is 0 Å². The van der Waals surface area contributed by atoms with E-state index in [1.165, 1.54) is 0 Å². The molecule has 96 valence electrons. The van der Waals surface area contributed by atoms with E-state index >= 15 is 0 Å². The van der Waals surface area contributed by atoms with Gasteiger partial charge in [0, 0.05) is 12.6 Å². The number of likely N-dealkylation sites (N-methyl/N-ethyl adjacent to an activating group) is 1. The van der Waals surface area contributed by atoms with Crippen LogP contribution in [0.5, 0.6) is 5.75 Å². The van der Waals surface area contributed by atoms with E-state index in [1.807, 2.05) is 19.2 Å². The number of rotatable bonds is 6. The highest BCUT2D eigenvalue weighted by molar-refractivity contribution is 5.51. The van der Waals surface area contributed by atoms with E-state index in [4.69, 9.17) is 10.5 Å². The smallest absolute Gasteiger partial charge is 0.142 e. The highest BCUT2D eigenvalue weighted by Crippen LogP contribution is 2.19. The summed E-state index contributed by atoms with van der Waals surface area (Å²) < 4.78 is 5.48. The first-order chi connectivity index (χ1) is 8.00. The number of aliphatic hydroxyl groups excluding tert-OH is 1. The van der Waals surface area contributed by atoms with Crippen molar-refractivity contribution >= 4 is 5.69 Å². The van der Waals surface area contributed by atoms with Crippen LogP contribution in [0, 0.1) is 0 Å². The van der Waals surface area contributed by atoms with Crippen LogP contribution in [0.3, 0.4) is 0 Å². The highest BCUT2D eigenvalue weighted by atomic mass is 16.5. The van der Waals surface area contributed by atoms with E-state index in [-0.39, 0.29) is 6.61 Å². The molecule has 0 saturated carbocycles. The Bertz CT molecular complexity index is 342. The van der Waals surface area contributed by atoms with Crippen molar-refractivity contribution in [1.82, 2.24) is 4.90 Å². The fraction of sp³-hybridized carbons (Fsp3) is 0.538. The molecule has 17 heavy (non-hydrogen) atoms. The summed E-state index contributed by atoms with van der Waals surface area (Å²) in [4.78, 5) is 2.07. The second kappa shape index (κ2) is 6.47. The van der Waals surface area contributed by atoms with Gasteiger partial charge in [-0.15, -0.1) is 0 Å². The lowest BCUT2D eigenvalue weighted by Crippen LogP contribution is -2.37. The summed E-state index contributed by atoms with van der Waals surface area (Å²) in [7, 11) is 1.98. The Morgan fingerprint density at radius 3 is 2.59 bits per heavy atom. The van der Waals surface area contributed by atoms with Crippen LogP contribution in [0.15, 0.2) is 24.3 Å². The standard InChI is InChI=1S/C13H22N2O2/c1-10(2)15(3)8-11(16)9-17-13-7-5-4-6-12(13)14/h4-7,10-11,16H,8-9,14H2,1-3H3. The van der Waals surface area contributed by atoms with Gasteiger partial charge in [-0.3, -0.25) is 0 Å². The van der Waals surface area contributed by atoms with Crippen molar-refractivity contribution in [2.75, 3.05) is 25.9 Å². The molecule has 0 aromatic heterocycles. The van der Waals surface area contributed by atoms with Gasteiger partial charge in [-0.25, -0.2) is 0 Å². The zero-order valence-corrected chi connectivity index (χ0v) is 10.8. The van der Waals surface area contributed by atoms with Gasteiger partial charge in [-0.1, -0.05) is 12.1 Å². The third kappa shape index (κ3) is 4.63. The molecule has 0 aliphatic rings. The number of hydrogen-bond acceptors (Lipinski definition) is 4. The van der Waals surface area contributed by atoms with Gasteiger partial charge >= 0.3 is 0 Å². The minimum absolute atomic E-state index is 0.255. The Hall–Kier alpha value is -1.26. The molecule has 0 saturated heterocycles. The van der Waals surface area contributed by atoms with Crippen molar-refractivity contribution in [3.05, 3.63) is 24.3 Å². The maximum Gasteiger partial charge on any atom is 0.142 e. The third-order valence-electron chi connectivity index (χ3n) is 2.73. The molecule has 0 bridgehead atoms. The molecule has 0 amide bonds. The van der Waals surface area contributed by atoms with E-state index in [0.717, 1.165) is 0 Å². The van der Waals surface area contributed by atoms with Crippen LogP contribution < -0.4 is 10.5 Å². The largest absolute Gasteiger partial charge is 0.489 e. The van der Waals surface area contributed by atoms with Crippen LogP contribution in [0.25, 0.3) is 0 Å². The average Bonchev–Trinajstić information content (AvgIpc) is 2.27. The Morgan fingerprint density at radius 2 is 2.00 bits per heavy atom. The Balaban J connectivity index is 2.38. The first-order valence-electron chi connectivity index (χ1n) is 5.86. The maximum atomic E-state index is 9.81. The van der Waals surface area contributed by atoms with Gasteiger partial charge in [0.2, 0.25) is 0 Å². The lowest BCUT2D eigenvalue weighted by molar-refractivity contribution is 0.0681. The topological polar surface area (TPSA) is 58.7 Å². The van der Waals surface area contributed by atoms with Crippen LogP contribution >= 0.6 is 0 Å². The number of hydrogen-bond donors (Lipinski definition) is 2. The summed E-state index contributed by atoms with van der Waals surface area (Å²) in [6.07, 6.45) is -0.512. The zero-order valence-electron chi connectivity index (χ0n) is 10.8. The molecule has 0 spiro atoms.